The van der Waals surface area contributed by atoms with Crippen LogP contribution in [0, 0.1) is 0 Å². The Morgan fingerprint density at radius 1 is 0.550 bits per heavy atom. The minimum Gasteiger partial charge on any atom is -0.330 e. The van der Waals surface area contributed by atoms with Gasteiger partial charge in [0, 0.05) is 0 Å². The van der Waals surface area contributed by atoms with Gasteiger partial charge in [-0.15, -0.1) is 0 Å². The third-order valence-corrected chi connectivity index (χ3v) is 3.97. The zero-order valence-corrected chi connectivity index (χ0v) is 14.0. The van der Waals surface area contributed by atoms with Crippen LogP contribution in [0.25, 0.3) is 0 Å². The van der Waals surface area contributed by atoms with E-state index in [1.807, 2.05) is 0 Å². The predicted octanol–water partition coefficient (Wildman–Crippen LogP) is 6.37. The molecule has 0 saturated heterocycles. The van der Waals surface area contributed by atoms with E-state index in [9.17, 15) is 0 Å². The van der Waals surface area contributed by atoms with Crippen molar-refractivity contribution in [3.8, 4) is 0 Å². The lowest BCUT2D eigenvalue weighted by molar-refractivity contribution is 0.584. The van der Waals surface area contributed by atoms with E-state index in [-0.39, 0.29) is 0 Å². The lowest BCUT2D eigenvalue weighted by Crippen LogP contribution is -1.97. The van der Waals surface area contributed by atoms with E-state index in [1.165, 1.54) is 96.3 Å². The van der Waals surface area contributed by atoms with Gasteiger partial charge in [0.2, 0.25) is 0 Å². The second-order valence-electron chi connectivity index (χ2n) is 6.08. The first-order valence-electron chi connectivity index (χ1n) is 9.27. The largest absolute Gasteiger partial charge is 0.330 e. The quantitative estimate of drug-likeness (QED) is 0.258. The summed E-state index contributed by atoms with van der Waals surface area (Å²) >= 11 is 0. The summed E-state index contributed by atoms with van der Waals surface area (Å²) in [5.74, 6) is 0. The molecule has 0 aromatic heterocycles. The van der Waals surface area contributed by atoms with Crippen LogP contribution >= 0.6 is 0 Å². The molecule has 0 aromatic rings. The molecule has 0 aromatic carbocycles. The molecule has 0 amide bonds. The van der Waals surface area contributed by atoms with Crippen molar-refractivity contribution in [2.24, 2.45) is 5.73 Å². The molecule has 1 nitrogen and oxygen atoms in total. The minimum absolute atomic E-state index is 0.864. The van der Waals surface area contributed by atoms with Crippen molar-refractivity contribution in [3.05, 3.63) is 12.2 Å². The van der Waals surface area contributed by atoms with Crippen molar-refractivity contribution in [3.63, 3.8) is 0 Å². The van der Waals surface area contributed by atoms with Crippen LogP contribution in [0.5, 0.6) is 0 Å². The Balaban J connectivity index is 3.01. The summed E-state index contributed by atoms with van der Waals surface area (Å²) in [6.45, 7) is 3.15. The first-order chi connectivity index (χ1) is 9.91. The van der Waals surface area contributed by atoms with Gasteiger partial charge in [-0.1, -0.05) is 83.3 Å². The summed E-state index contributed by atoms with van der Waals surface area (Å²) in [5, 5.41) is 0. The molecule has 0 bridgehead atoms. The summed E-state index contributed by atoms with van der Waals surface area (Å²) in [4.78, 5) is 0. The second kappa shape index (κ2) is 18.7. The number of allylic oxidation sites excluding steroid dienone is 2. The number of hydrogen-bond acceptors (Lipinski definition) is 1. The van der Waals surface area contributed by atoms with Crippen LogP contribution in [0.3, 0.4) is 0 Å². The van der Waals surface area contributed by atoms with Crippen LogP contribution < -0.4 is 5.73 Å². The summed E-state index contributed by atoms with van der Waals surface area (Å²) in [5.41, 5.74) is 5.48. The zero-order chi connectivity index (χ0) is 14.7. The molecule has 0 aliphatic rings. The summed E-state index contributed by atoms with van der Waals surface area (Å²) in [6, 6.07) is 0. The molecular formula is C19H39N. The highest BCUT2D eigenvalue weighted by molar-refractivity contribution is 4.81. The van der Waals surface area contributed by atoms with Gasteiger partial charge < -0.3 is 5.73 Å². The Morgan fingerprint density at radius 2 is 0.950 bits per heavy atom. The molecule has 0 radical (unpaired) electrons. The SMILES string of the molecule is CCCCCCCC/C=C/CCCCCCCCCN. The number of hydrogen-bond donors (Lipinski definition) is 1. The van der Waals surface area contributed by atoms with Gasteiger partial charge in [0.1, 0.15) is 0 Å². The zero-order valence-electron chi connectivity index (χ0n) is 14.0. The molecule has 0 rings (SSSR count). The predicted molar refractivity (Wildman–Crippen MR) is 93.1 cm³/mol. The van der Waals surface area contributed by atoms with E-state index >= 15 is 0 Å². The van der Waals surface area contributed by atoms with Crippen LogP contribution in [0.2, 0.25) is 0 Å². The molecule has 0 aliphatic carbocycles. The molecule has 0 aliphatic heterocycles. The lowest BCUT2D eigenvalue weighted by atomic mass is 10.1. The molecular weight excluding hydrogens is 242 g/mol. The van der Waals surface area contributed by atoms with Gasteiger partial charge >= 0.3 is 0 Å². The van der Waals surface area contributed by atoms with Gasteiger partial charge in [0.05, 0.1) is 0 Å². The van der Waals surface area contributed by atoms with Crippen molar-refractivity contribution < 1.29 is 0 Å². The fourth-order valence-electron chi connectivity index (χ4n) is 2.57. The van der Waals surface area contributed by atoms with Crippen molar-refractivity contribution >= 4 is 0 Å². The fraction of sp³-hybridized carbons (Fsp3) is 0.895. The van der Waals surface area contributed by atoms with Crippen molar-refractivity contribution in [1.29, 1.82) is 0 Å². The monoisotopic (exact) mass is 281 g/mol. The third kappa shape index (κ3) is 17.7. The van der Waals surface area contributed by atoms with Crippen LogP contribution in [0.1, 0.15) is 103 Å². The summed E-state index contributed by atoms with van der Waals surface area (Å²) < 4.78 is 0. The first-order valence-corrected chi connectivity index (χ1v) is 9.27. The topological polar surface area (TPSA) is 26.0 Å². The number of rotatable bonds is 16. The number of unbranched alkanes of at least 4 members (excludes halogenated alkanes) is 13. The van der Waals surface area contributed by atoms with Gasteiger partial charge in [0.25, 0.3) is 0 Å². The van der Waals surface area contributed by atoms with Gasteiger partial charge in [0.15, 0.2) is 0 Å². The molecule has 20 heavy (non-hydrogen) atoms. The first kappa shape index (κ1) is 19.7. The highest BCUT2D eigenvalue weighted by atomic mass is 14.5. The Morgan fingerprint density at radius 3 is 1.40 bits per heavy atom. The van der Waals surface area contributed by atoms with E-state index in [0.29, 0.717) is 0 Å². The molecule has 0 saturated carbocycles. The Labute approximate surface area is 128 Å². The maximum atomic E-state index is 5.48. The second-order valence-corrected chi connectivity index (χ2v) is 6.08. The van der Waals surface area contributed by atoms with Crippen LogP contribution in [-0.4, -0.2) is 6.54 Å². The molecule has 120 valence electrons. The van der Waals surface area contributed by atoms with Crippen LogP contribution in [0.15, 0.2) is 12.2 Å². The van der Waals surface area contributed by atoms with Gasteiger partial charge in [-0.3, -0.25) is 0 Å². The molecule has 2 N–H and O–H groups in total. The molecule has 0 atom stereocenters. The normalized spacial score (nSPS) is 11.5. The maximum Gasteiger partial charge on any atom is -0.00773 e. The van der Waals surface area contributed by atoms with Crippen molar-refractivity contribution in [1.82, 2.24) is 0 Å². The third-order valence-electron chi connectivity index (χ3n) is 3.97. The van der Waals surface area contributed by atoms with Crippen molar-refractivity contribution in [2.45, 2.75) is 103 Å². The number of nitrogens with two attached hydrogens (primary N) is 1. The Kier molecular flexibility index (Phi) is 18.4. The maximum absolute atomic E-state index is 5.48. The van der Waals surface area contributed by atoms with Gasteiger partial charge in [-0.25, -0.2) is 0 Å². The van der Waals surface area contributed by atoms with E-state index in [1.54, 1.807) is 0 Å². The molecule has 1 heteroatoms. The molecule has 0 unspecified atom stereocenters. The minimum atomic E-state index is 0.864. The highest BCUT2D eigenvalue weighted by Crippen LogP contribution is 2.10. The van der Waals surface area contributed by atoms with Crippen molar-refractivity contribution in [2.75, 3.05) is 6.54 Å². The molecule has 0 heterocycles. The Hall–Kier alpha value is -0.300. The molecule has 0 fully saturated rings. The average Bonchev–Trinajstić information content (AvgIpc) is 2.47. The van der Waals surface area contributed by atoms with Gasteiger partial charge in [-0.05, 0) is 38.6 Å². The average molecular weight is 282 g/mol. The summed E-state index contributed by atoms with van der Waals surface area (Å²) in [7, 11) is 0. The van der Waals surface area contributed by atoms with Crippen LogP contribution in [-0.2, 0) is 0 Å². The van der Waals surface area contributed by atoms with Crippen LogP contribution in [0.4, 0.5) is 0 Å². The fourth-order valence-corrected chi connectivity index (χ4v) is 2.57. The standard InChI is InChI=1S/C19H39N/c1-2-3-4-5-6-7-8-9-10-11-12-13-14-15-16-17-18-19-20/h9-10H,2-8,11-20H2,1H3/b10-9+. The highest BCUT2D eigenvalue weighted by Gasteiger charge is 1.91. The van der Waals surface area contributed by atoms with Gasteiger partial charge in [-0.2, -0.15) is 0 Å². The van der Waals surface area contributed by atoms with E-state index in [4.69, 9.17) is 5.73 Å². The van der Waals surface area contributed by atoms with E-state index in [0.717, 1.165) is 6.54 Å². The van der Waals surface area contributed by atoms with E-state index in [2.05, 4.69) is 19.1 Å². The Bertz CT molecular complexity index is 186. The smallest absolute Gasteiger partial charge is 0.00773 e. The lowest BCUT2D eigenvalue weighted by Gasteiger charge is -2.00. The molecule has 0 spiro atoms. The summed E-state index contributed by atoms with van der Waals surface area (Å²) in [6.07, 6.45) is 25.4. The van der Waals surface area contributed by atoms with E-state index < -0.39 is 0 Å².